The minimum absolute atomic E-state index is 0.282. The predicted octanol–water partition coefficient (Wildman–Crippen LogP) is 4.01. The number of rotatable bonds is 5. The molecule has 2 rings (SSSR count). The van der Waals surface area contributed by atoms with Gasteiger partial charge in [0.25, 0.3) is 0 Å². The summed E-state index contributed by atoms with van der Waals surface area (Å²) in [5, 5.41) is 2.22. The molecule has 0 atom stereocenters. The standard InChI is InChI=1S/C13H11F3N2O2S/c1-2-18(12-17-9(7-19)8-21-12)10-3-5-11(6-4-10)20-13(14,15)16/h3-8H,2H2,1H3. The van der Waals surface area contributed by atoms with E-state index in [0.29, 0.717) is 29.3 Å². The number of halogens is 3. The van der Waals surface area contributed by atoms with Crippen molar-refractivity contribution < 1.29 is 22.7 Å². The molecule has 0 unspecified atom stereocenters. The number of ether oxygens (including phenoxy) is 1. The van der Waals surface area contributed by atoms with E-state index in [4.69, 9.17) is 0 Å². The second-order valence-electron chi connectivity index (χ2n) is 3.96. The van der Waals surface area contributed by atoms with Gasteiger partial charge in [0, 0.05) is 17.6 Å². The number of anilines is 2. The van der Waals surface area contributed by atoms with Crippen molar-refractivity contribution in [1.29, 1.82) is 0 Å². The predicted molar refractivity (Wildman–Crippen MR) is 73.3 cm³/mol. The normalized spacial score (nSPS) is 11.2. The first-order valence-electron chi connectivity index (χ1n) is 5.97. The highest BCUT2D eigenvalue weighted by atomic mass is 32.1. The van der Waals surface area contributed by atoms with Gasteiger partial charge in [-0.25, -0.2) is 4.98 Å². The summed E-state index contributed by atoms with van der Waals surface area (Å²) in [5.74, 6) is -0.282. The van der Waals surface area contributed by atoms with E-state index in [2.05, 4.69) is 9.72 Å². The van der Waals surface area contributed by atoms with Crippen LogP contribution in [-0.4, -0.2) is 24.2 Å². The first-order valence-corrected chi connectivity index (χ1v) is 6.85. The molecular formula is C13H11F3N2O2S. The average molecular weight is 316 g/mol. The summed E-state index contributed by atoms with van der Waals surface area (Å²) in [6, 6.07) is 5.48. The third kappa shape index (κ3) is 3.94. The Morgan fingerprint density at radius 1 is 1.33 bits per heavy atom. The summed E-state index contributed by atoms with van der Waals surface area (Å²) in [6.07, 6.45) is -4.06. The monoisotopic (exact) mass is 316 g/mol. The molecule has 21 heavy (non-hydrogen) atoms. The number of carbonyl (C=O) groups is 1. The summed E-state index contributed by atoms with van der Waals surface area (Å²) < 4.78 is 40.1. The van der Waals surface area contributed by atoms with E-state index >= 15 is 0 Å². The van der Waals surface area contributed by atoms with E-state index in [1.807, 2.05) is 6.92 Å². The van der Waals surface area contributed by atoms with Gasteiger partial charge in [-0.2, -0.15) is 0 Å². The topological polar surface area (TPSA) is 42.4 Å². The van der Waals surface area contributed by atoms with E-state index in [1.54, 1.807) is 10.3 Å². The molecule has 0 aliphatic rings. The van der Waals surface area contributed by atoms with Crippen molar-refractivity contribution >= 4 is 28.4 Å². The molecule has 2 aromatic rings. The third-order valence-corrected chi connectivity index (χ3v) is 3.44. The Balaban J connectivity index is 2.20. The summed E-state index contributed by atoms with van der Waals surface area (Å²) in [6.45, 7) is 2.44. The maximum atomic E-state index is 12.1. The van der Waals surface area contributed by atoms with E-state index < -0.39 is 6.36 Å². The number of thiazole rings is 1. The molecule has 1 heterocycles. The Bertz CT molecular complexity index is 611. The van der Waals surface area contributed by atoms with Crippen molar-refractivity contribution in [2.45, 2.75) is 13.3 Å². The van der Waals surface area contributed by atoms with Crippen LogP contribution in [0.1, 0.15) is 17.4 Å². The molecule has 112 valence electrons. The van der Waals surface area contributed by atoms with Gasteiger partial charge in [0.1, 0.15) is 11.4 Å². The van der Waals surface area contributed by atoms with Crippen molar-refractivity contribution in [1.82, 2.24) is 4.98 Å². The zero-order valence-corrected chi connectivity index (χ0v) is 11.7. The maximum Gasteiger partial charge on any atom is 0.573 e. The fraction of sp³-hybridized carbons (Fsp3) is 0.231. The molecule has 1 aromatic heterocycles. The van der Waals surface area contributed by atoms with Crippen molar-refractivity contribution in [3.8, 4) is 5.75 Å². The molecule has 0 spiro atoms. The molecule has 0 bridgehead atoms. The van der Waals surface area contributed by atoms with Gasteiger partial charge in [-0.1, -0.05) is 0 Å². The van der Waals surface area contributed by atoms with E-state index in [9.17, 15) is 18.0 Å². The first-order chi connectivity index (χ1) is 9.93. The van der Waals surface area contributed by atoms with Gasteiger partial charge in [0.15, 0.2) is 11.4 Å². The van der Waals surface area contributed by atoms with Crippen LogP contribution in [0.5, 0.6) is 5.75 Å². The molecule has 8 heteroatoms. The Kier molecular flexibility index (Phi) is 4.46. The summed E-state index contributed by atoms with van der Waals surface area (Å²) >= 11 is 1.29. The Labute approximate surface area is 122 Å². The highest BCUT2D eigenvalue weighted by Gasteiger charge is 2.31. The lowest BCUT2D eigenvalue weighted by atomic mass is 10.3. The molecule has 0 amide bonds. The molecule has 0 aliphatic carbocycles. The second-order valence-corrected chi connectivity index (χ2v) is 4.80. The average Bonchev–Trinajstić information content (AvgIpc) is 2.88. The molecule has 0 radical (unpaired) electrons. The van der Waals surface area contributed by atoms with E-state index in [0.717, 1.165) is 0 Å². The fourth-order valence-corrected chi connectivity index (χ4v) is 2.56. The highest BCUT2D eigenvalue weighted by Crippen LogP contribution is 2.30. The SMILES string of the molecule is CCN(c1ccc(OC(F)(F)F)cc1)c1nc(C=O)cs1. The lowest BCUT2D eigenvalue weighted by Gasteiger charge is -2.20. The lowest BCUT2D eigenvalue weighted by Crippen LogP contribution is -2.18. The number of hydrogen-bond acceptors (Lipinski definition) is 5. The van der Waals surface area contributed by atoms with Gasteiger partial charge in [0.05, 0.1) is 0 Å². The smallest absolute Gasteiger partial charge is 0.406 e. The molecule has 0 fully saturated rings. The van der Waals surface area contributed by atoms with Crippen molar-refractivity contribution in [3.63, 3.8) is 0 Å². The fourth-order valence-electron chi connectivity index (χ4n) is 1.71. The van der Waals surface area contributed by atoms with Crippen LogP contribution in [0, 0.1) is 0 Å². The van der Waals surface area contributed by atoms with Crippen LogP contribution < -0.4 is 9.64 Å². The first kappa shape index (κ1) is 15.3. The van der Waals surface area contributed by atoms with Crippen molar-refractivity contribution in [3.05, 3.63) is 35.3 Å². The van der Waals surface area contributed by atoms with Crippen LogP contribution in [0.15, 0.2) is 29.6 Å². The maximum absolute atomic E-state index is 12.1. The van der Waals surface area contributed by atoms with Crippen LogP contribution in [0.2, 0.25) is 0 Å². The number of aldehydes is 1. The molecule has 0 N–H and O–H groups in total. The minimum Gasteiger partial charge on any atom is -0.406 e. The van der Waals surface area contributed by atoms with Crippen LogP contribution in [0.25, 0.3) is 0 Å². The lowest BCUT2D eigenvalue weighted by molar-refractivity contribution is -0.274. The summed E-state index contributed by atoms with van der Waals surface area (Å²) in [4.78, 5) is 16.6. The number of nitrogens with zero attached hydrogens (tertiary/aromatic N) is 2. The Morgan fingerprint density at radius 2 is 2.00 bits per heavy atom. The Morgan fingerprint density at radius 3 is 2.48 bits per heavy atom. The van der Waals surface area contributed by atoms with Crippen LogP contribution in [-0.2, 0) is 0 Å². The van der Waals surface area contributed by atoms with Gasteiger partial charge < -0.3 is 9.64 Å². The number of alkyl halides is 3. The number of aromatic nitrogens is 1. The van der Waals surface area contributed by atoms with Crippen LogP contribution in [0.3, 0.4) is 0 Å². The molecular weight excluding hydrogens is 305 g/mol. The number of carbonyl (C=O) groups excluding carboxylic acids is 1. The van der Waals surface area contributed by atoms with Gasteiger partial charge in [-0.3, -0.25) is 4.79 Å². The largest absolute Gasteiger partial charge is 0.573 e. The van der Waals surface area contributed by atoms with Gasteiger partial charge >= 0.3 is 6.36 Å². The summed E-state index contributed by atoms with van der Waals surface area (Å²) in [7, 11) is 0. The quantitative estimate of drug-likeness (QED) is 0.782. The van der Waals surface area contributed by atoms with Gasteiger partial charge in [0.2, 0.25) is 0 Å². The number of hydrogen-bond donors (Lipinski definition) is 0. The molecule has 0 aliphatic heterocycles. The van der Waals surface area contributed by atoms with Crippen LogP contribution in [0.4, 0.5) is 24.0 Å². The van der Waals surface area contributed by atoms with Crippen LogP contribution >= 0.6 is 11.3 Å². The highest BCUT2D eigenvalue weighted by molar-refractivity contribution is 7.14. The second kappa shape index (κ2) is 6.13. The minimum atomic E-state index is -4.71. The number of benzene rings is 1. The van der Waals surface area contributed by atoms with E-state index in [1.165, 1.54) is 35.6 Å². The van der Waals surface area contributed by atoms with Gasteiger partial charge in [-0.15, -0.1) is 24.5 Å². The molecule has 4 nitrogen and oxygen atoms in total. The summed E-state index contributed by atoms with van der Waals surface area (Å²) in [5.41, 5.74) is 0.990. The van der Waals surface area contributed by atoms with Gasteiger partial charge in [-0.05, 0) is 31.2 Å². The molecule has 0 saturated heterocycles. The Hall–Kier alpha value is -2.09. The third-order valence-electron chi connectivity index (χ3n) is 2.56. The van der Waals surface area contributed by atoms with Crippen molar-refractivity contribution in [2.75, 3.05) is 11.4 Å². The molecule has 1 aromatic carbocycles. The van der Waals surface area contributed by atoms with Crippen molar-refractivity contribution in [2.24, 2.45) is 0 Å². The zero-order chi connectivity index (χ0) is 15.5. The zero-order valence-electron chi connectivity index (χ0n) is 10.9. The van der Waals surface area contributed by atoms with E-state index in [-0.39, 0.29) is 5.75 Å². The molecule has 0 saturated carbocycles.